The Bertz CT molecular complexity index is 1380. The number of carbonyl (C=O) groups excluding carboxylic acids is 3. The van der Waals surface area contributed by atoms with Gasteiger partial charge in [-0.2, -0.15) is 0 Å². The number of hydrogen-bond acceptors (Lipinski definition) is 8. The van der Waals surface area contributed by atoms with Crippen LogP contribution in [0.15, 0.2) is 18.2 Å². The van der Waals surface area contributed by atoms with Crippen LogP contribution in [0.25, 0.3) is 11.0 Å². The van der Waals surface area contributed by atoms with Crippen molar-refractivity contribution in [1.82, 2.24) is 14.9 Å². The van der Waals surface area contributed by atoms with Gasteiger partial charge < -0.3 is 23.9 Å². The van der Waals surface area contributed by atoms with Crippen molar-refractivity contribution in [2.24, 2.45) is 23.2 Å². The summed E-state index contributed by atoms with van der Waals surface area (Å²) in [5.41, 5.74) is 0.745. The molecule has 44 heavy (non-hydrogen) atoms. The predicted molar refractivity (Wildman–Crippen MR) is 163 cm³/mol. The molecular weight excluding hydrogens is 565 g/mol. The van der Waals surface area contributed by atoms with E-state index in [9.17, 15) is 18.8 Å². The highest BCUT2D eigenvalue weighted by Gasteiger charge is 2.57. The highest BCUT2D eigenvalue weighted by molar-refractivity contribution is 5.87. The molecule has 5 rings (SSSR count). The Morgan fingerprint density at radius 1 is 1.16 bits per heavy atom. The largest absolute Gasteiger partial charge is 0.497 e. The maximum atomic E-state index is 14.2. The van der Waals surface area contributed by atoms with Crippen LogP contribution in [0.5, 0.6) is 11.6 Å². The smallest absolute Gasteiger partial charge is 0.307 e. The van der Waals surface area contributed by atoms with Gasteiger partial charge in [-0.05, 0) is 49.7 Å². The lowest BCUT2D eigenvalue weighted by Crippen LogP contribution is -2.46. The van der Waals surface area contributed by atoms with Gasteiger partial charge in [0.2, 0.25) is 11.8 Å². The second-order valence-electron chi connectivity index (χ2n) is 13.8. The first-order valence-corrected chi connectivity index (χ1v) is 16.1. The molecule has 2 aliphatic heterocycles. The second-order valence-corrected chi connectivity index (χ2v) is 13.8. The molecule has 240 valence electrons. The van der Waals surface area contributed by atoms with Gasteiger partial charge in [0.15, 0.2) is 0 Å². The number of fused-ring (bicyclic) bond motifs is 5. The number of carbonyl (C=O) groups is 3. The Labute approximate surface area is 259 Å². The highest BCUT2D eigenvalue weighted by Crippen LogP contribution is 2.53. The summed E-state index contributed by atoms with van der Waals surface area (Å²) in [6.45, 7) is 7.34. The molecule has 2 bridgehead atoms. The van der Waals surface area contributed by atoms with E-state index >= 15 is 0 Å². The minimum Gasteiger partial charge on any atom is -0.497 e. The SMILES string of the molecule is CC[C@@H]1[C@@H]2CN(C(=O)[C@H](C(C)(C)C)CC(=O)O[C@]3(CCF)C[C@H]3CCCCCc3nc4ccc(OC)cc4nc3O2)[C@@H]1C=O. The van der Waals surface area contributed by atoms with E-state index in [4.69, 9.17) is 24.2 Å². The molecule has 0 radical (unpaired) electrons. The summed E-state index contributed by atoms with van der Waals surface area (Å²) in [7, 11) is 1.60. The number of benzene rings is 1. The van der Waals surface area contributed by atoms with Crippen LogP contribution in [-0.4, -0.2) is 71.1 Å². The molecule has 1 aliphatic carbocycles. The summed E-state index contributed by atoms with van der Waals surface area (Å²) in [6, 6.07) is 4.85. The van der Waals surface area contributed by atoms with Crippen LogP contribution >= 0.6 is 0 Å². The zero-order valence-electron chi connectivity index (χ0n) is 26.6. The van der Waals surface area contributed by atoms with Gasteiger partial charge in [-0.15, -0.1) is 0 Å². The molecule has 6 atom stereocenters. The fourth-order valence-electron chi connectivity index (χ4n) is 7.15. The molecule has 1 saturated carbocycles. The highest BCUT2D eigenvalue weighted by atomic mass is 19.1. The van der Waals surface area contributed by atoms with E-state index in [-0.39, 0.29) is 37.1 Å². The summed E-state index contributed by atoms with van der Waals surface area (Å²) >= 11 is 0. The Morgan fingerprint density at radius 3 is 2.64 bits per heavy atom. The third kappa shape index (κ3) is 6.54. The van der Waals surface area contributed by atoms with Gasteiger partial charge in [-0.25, -0.2) is 9.97 Å². The number of esters is 1. The number of alkyl halides is 1. The monoisotopic (exact) mass is 611 g/mol. The quantitative estimate of drug-likeness (QED) is 0.315. The van der Waals surface area contributed by atoms with Crippen LogP contribution in [0, 0.1) is 23.2 Å². The Hall–Kier alpha value is -3.30. The van der Waals surface area contributed by atoms with Gasteiger partial charge in [0.1, 0.15) is 29.4 Å². The molecule has 3 heterocycles. The Kier molecular flexibility index (Phi) is 9.47. The number of amides is 1. The average molecular weight is 612 g/mol. The molecule has 0 spiro atoms. The maximum absolute atomic E-state index is 14.2. The molecule has 1 saturated heterocycles. The molecule has 9 nitrogen and oxygen atoms in total. The molecule has 2 aromatic rings. The number of halogens is 1. The zero-order valence-corrected chi connectivity index (χ0v) is 26.6. The molecule has 3 aliphatic rings. The van der Waals surface area contributed by atoms with Gasteiger partial charge in [0, 0.05) is 24.3 Å². The van der Waals surface area contributed by atoms with Crippen molar-refractivity contribution in [2.75, 3.05) is 20.3 Å². The van der Waals surface area contributed by atoms with Crippen LogP contribution < -0.4 is 9.47 Å². The lowest BCUT2D eigenvalue weighted by Gasteiger charge is -2.34. The number of ether oxygens (including phenoxy) is 3. The summed E-state index contributed by atoms with van der Waals surface area (Å²) in [6.07, 6.45) is 5.83. The topological polar surface area (TPSA) is 108 Å². The molecule has 0 N–H and O–H groups in total. The molecule has 1 aromatic carbocycles. The van der Waals surface area contributed by atoms with Crippen LogP contribution in [-0.2, 0) is 25.5 Å². The van der Waals surface area contributed by atoms with Crippen molar-refractivity contribution in [1.29, 1.82) is 0 Å². The summed E-state index contributed by atoms with van der Waals surface area (Å²) < 4.78 is 31.6. The van der Waals surface area contributed by atoms with E-state index in [0.29, 0.717) is 36.4 Å². The van der Waals surface area contributed by atoms with Crippen LogP contribution in [0.3, 0.4) is 0 Å². The summed E-state index contributed by atoms with van der Waals surface area (Å²) in [5, 5.41) is 0. The Morgan fingerprint density at radius 2 is 1.95 bits per heavy atom. The minimum atomic E-state index is -0.786. The van der Waals surface area contributed by atoms with E-state index < -0.39 is 41.7 Å². The summed E-state index contributed by atoms with van der Waals surface area (Å²) in [5.74, 6) is -0.565. The third-order valence-electron chi connectivity index (χ3n) is 9.91. The number of nitrogens with zero attached hydrogens (tertiary/aromatic N) is 3. The molecule has 1 amide bonds. The normalized spacial score (nSPS) is 30.0. The molecular formula is C34H46FN3O6. The van der Waals surface area contributed by atoms with Crippen molar-refractivity contribution in [3.63, 3.8) is 0 Å². The fraction of sp³-hybridized carbons (Fsp3) is 0.676. The lowest BCUT2D eigenvalue weighted by molar-refractivity contribution is -0.159. The van der Waals surface area contributed by atoms with Crippen LogP contribution in [0.4, 0.5) is 4.39 Å². The van der Waals surface area contributed by atoms with E-state index in [1.54, 1.807) is 12.0 Å². The zero-order chi connectivity index (χ0) is 31.6. The number of rotatable bonds is 5. The first kappa shape index (κ1) is 32.1. The Balaban J connectivity index is 1.52. The molecule has 0 unspecified atom stereocenters. The van der Waals surface area contributed by atoms with Gasteiger partial charge in [0.25, 0.3) is 0 Å². The standard InChI is InChI=1S/C34H46FN3O6/c1-6-23-28(20-39)38-19-29(23)43-31-26(36-25-13-12-22(42-5)16-27(25)37-31)11-9-7-8-10-21-18-34(21,14-15-35)44-30(40)17-24(32(38)41)33(2,3)4/h12-13,16,20-21,23-24,28-29H,6-11,14-15,17-19H2,1-5H3/t21-,23+,24-,28-,29+,34-/m1/s1. The van der Waals surface area contributed by atoms with Crippen molar-refractivity contribution in [3.8, 4) is 11.6 Å². The lowest BCUT2D eigenvalue weighted by atomic mass is 9.77. The first-order valence-electron chi connectivity index (χ1n) is 16.1. The van der Waals surface area contributed by atoms with Gasteiger partial charge in [0.05, 0.1) is 49.7 Å². The second kappa shape index (κ2) is 13.0. The predicted octanol–water partition coefficient (Wildman–Crippen LogP) is 5.65. The molecule has 2 fully saturated rings. The van der Waals surface area contributed by atoms with Crippen LogP contribution in [0.2, 0.25) is 0 Å². The first-order chi connectivity index (χ1) is 21.0. The van der Waals surface area contributed by atoms with E-state index in [0.717, 1.165) is 43.2 Å². The van der Waals surface area contributed by atoms with E-state index in [1.165, 1.54) is 0 Å². The third-order valence-corrected chi connectivity index (χ3v) is 9.91. The number of aryl methyl sites for hydroxylation is 1. The number of aldehydes is 1. The van der Waals surface area contributed by atoms with Crippen molar-refractivity contribution >= 4 is 29.2 Å². The number of methoxy groups -OCH3 is 1. The minimum absolute atomic E-state index is 0.114. The van der Waals surface area contributed by atoms with E-state index in [1.807, 2.05) is 45.9 Å². The van der Waals surface area contributed by atoms with Crippen molar-refractivity contribution < 1.29 is 33.0 Å². The van der Waals surface area contributed by atoms with Crippen molar-refractivity contribution in [3.05, 3.63) is 23.9 Å². The fourth-order valence-corrected chi connectivity index (χ4v) is 7.15. The summed E-state index contributed by atoms with van der Waals surface area (Å²) in [4.78, 5) is 51.4. The molecule has 1 aromatic heterocycles. The average Bonchev–Trinajstić information content (AvgIpc) is 3.52. The van der Waals surface area contributed by atoms with Crippen LogP contribution in [0.1, 0.15) is 84.8 Å². The number of aromatic nitrogens is 2. The van der Waals surface area contributed by atoms with Crippen molar-refractivity contribution in [2.45, 2.75) is 103 Å². The number of hydrogen-bond donors (Lipinski definition) is 0. The molecule has 10 heteroatoms. The van der Waals surface area contributed by atoms with Gasteiger partial charge in [-0.1, -0.05) is 40.5 Å². The maximum Gasteiger partial charge on any atom is 0.307 e. The van der Waals surface area contributed by atoms with E-state index in [2.05, 4.69) is 0 Å². The van der Waals surface area contributed by atoms with Gasteiger partial charge in [-0.3, -0.25) is 14.0 Å². The van der Waals surface area contributed by atoms with Gasteiger partial charge >= 0.3 is 5.97 Å².